The summed E-state index contributed by atoms with van der Waals surface area (Å²) >= 11 is 0. The number of hydrogen-bond donors (Lipinski definition) is 3. The van der Waals surface area contributed by atoms with Crippen molar-refractivity contribution >= 4 is 17.6 Å². The van der Waals surface area contributed by atoms with Crippen molar-refractivity contribution in [1.29, 1.82) is 0 Å². The van der Waals surface area contributed by atoms with Gasteiger partial charge in [0.25, 0.3) is 5.91 Å². The van der Waals surface area contributed by atoms with Gasteiger partial charge in [-0.05, 0) is 29.8 Å². The van der Waals surface area contributed by atoms with Gasteiger partial charge < -0.3 is 15.7 Å². The number of carbonyl (C=O) groups is 2. The molecule has 3 N–H and O–H groups in total. The highest BCUT2D eigenvalue weighted by Gasteiger charge is 2.17. The fourth-order valence-corrected chi connectivity index (χ4v) is 2.11. The second-order valence-electron chi connectivity index (χ2n) is 4.88. The third-order valence-corrected chi connectivity index (χ3v) is 3.30. The highest BCUT2D eigenvalue weighted by atomic mass is 16.4. The molecule has 0 saturated carbocycles. The maximum Gasteiger partial charge on any atom is 0.326 e. The number of aliphatic carboxylic acids is 1. The second-order valence-corrected chi connectivity index (χ2v) is 4.88. The number of hydrogen-bond acceptors (Lipinski definition) is 3. The molecule has 2 aromatic rings. The van der Waals surface area contributed by atoms with Gasteiger partial charge in [0.2, 0.25) is 0 Å². The van der Waals surface area contributed by atoms with Gasteiger partial charge in [-0.1, -0.05) is 30.3 Å². The van der Waals surface area contributed by atoms with Crippen LogP contribution >= 0.6 is 0 Å². The molecule has 2 aromatic carbocycles. The Labute approximate surface area is 129 Å². The van der Waals surface area contributed by atoms with Gasteiger partial charge in [-0.25, -0.2) is 4.79 Å². The van der Waals surface area contributed by atoms with Crippen molar-refractivity contribution in [3.8, 4) is 0 Å². The third-order valence-electron chi connectivity index (χ3n) is 3.30. The Balaban J connectivity index is 2.08. The summed E-state index contributed by atoms with van der Waals surface area (Å²) in [7, 11) is 1.56. The zero-order valence-electron chi connectivity index (χ0n) is 12.2. The van der Waals surface area contributed by atoms with Gasteiger partial charge in [0, 0.05) is 24.7 Å². The van der Waals surface area contributed by atoms with Crippen LogP contribution in [0.5, 0.6) is 0 Å². The fourth-order valence-electron chi connectivity index (χ4n) is 2.11. The van der Waals surface area contributed by atoms with Gasteiger partial charge in [-0.3, -0.25) is 4.79 Å². The van der Waals surface area contributed by atoms with Gasteiger partial charge in [0.05, 0.1) is 0 Å². The molecule has 0 aliphatic rings. The lowest BCUT2D eigenvalue weighted by Gasteiger charge is -2.16. The quantitative estimate of drug-likeness (QED) is 0.763. The smallest absolute Gasteiger partial charge is 0.326 e. The molecule has 0 aliphatic carbocycles. The highest BCUT2D eigenvalue weighted by molar-refractivity contribution is 5.94. The Morgan fingerprint density at radius 2 is 1.68 bits per heavy atom. The van der Waals surface area contributed by atoms with Crippen LogP contribution in [0.25, 0.3) is 0 Å². The molecule has 5 heteroatoms. The van der Waals surface area contributed by atoms with Crippen molar-refractivity contribution in [1.82, 2.24) is 5.32 Å². The molecule has 5 nitrogen and oxygen atoms in total. The standard InChI is InChI=1S/C17H18N2O3/c1-18-16(20)13-7-9-14(10-8-13)19-15(17(21)22)11-12-5-3-2-4-6-12/h2-10,15,19H,11H2,1H3,(H,18,20)(H,21,22)/t15-/m0/s1. The molecule has 0 spiro atoms. The van der Waals surface area contributed by atoms with Crippen molar-refractivity contribution in [3.63, 3.8) is 0 Å². The summed E-state index contributed by atoms with van der Waals surface area (Å²) in [4.78, 5) is 22.9. The van der Waals surface area contributed by atoms with Gasteiger partial charge in [0.1, 0.15) is 6.04 Å². The second kappa shape index (κ2) is 7.26. The molecule has 0 heterocycles. The number of carbonyl (C=O) groups excluding carboxylic acids is 1. The average molecular weight is 298 g/mol. The molecule has 0 saturated heterocycles. The zero-order chi connectivity index (χ0) is 15.9. The first-order valence-electron chi connectivity index (χ1n) is 6.95. The molecule has 0 radical (unpaired) electrons. The minimum atomic E-state index is -0.917. The molecule has 22 heavy (non-hydrogen) atoms. The SMILES string of the molecule is CNC(=O)c1ccc(N[C@@H](Cc2ccccc2)C(=O)O)cc1. The molecule has 114 valence electrons. The topological polar surface area (TPSA) is 78.4 Å². The number of amides is 1. The first-order valence-corrected chi connectivity index (χ1v) is 6.95. The van der Waals surface area contributed by atoms with E-state index in [0.29, 0.717) is 17.7 Å². The summed E-state index contributed by atoms with van der Waals surface area (Å²) in [6, 6.07) is 15.4. The minimum Gasteiger partial charge on any atom is -0.480 e. The van der Waals surface area contributed by atoms with Crippen LogP contribution in [0.15, 0.2) is 54.6 Å². The predicted molar refractivity (Wildman–Crippen MR) is 85.0 cm³/mol. The number of carboxylic acids is 1. The van der Waals surface area contributed by atoms with E-state index in [4.69, 9.17) is 0 Å². The summed E-state index contributed by atoms with van der Waals surface area (Å²) in [5.74, 6) is -1.09. The van der Waals surface area contributed by atoms with E-state index in [-0.39, 0.29) is 5.91 Å². The Morgan fingerprint density at radius 1 is 1.05 bits per heavy atom. The fraction of sp³-hybridized carbons (Fsp3) is 0.176. The Hall–Kier alpha value is -2.82. The summed E-state index contributed by atoms with van der Waals surface area (Å²) in [5, 5.41) is 14.9. The summed E-state index contributed by atoms with van der Waals surface area (Å²) in [6.07, 6.45) is 0.382. The average Bonchev–Trinajstić information content (AvgIpc) is 2.55. The molecule has 1 amide bonds. The lowest BCUT2D eigenvalue weighted by molar-refractivity contribution is -0.137. The van der Waals surface area contributed by atoms with E-state index in [2.05, 4.69) is 10.6 Å². The number of carboxylic acid groups (broad SMARTS) is 1. The van der Waals surface area contributed by atoms with E-state index in [1.165, 1.54) is 0 Å². The number of rotatable bonds is 6. The van der Waals surface area contributed by atoms with Crippen molar-refractivity contribution in [2.24, 2.45) is 0 Å². The molecule has 1 atom stereocenters. The van der Waals surface area contributed by atoms with Crippen LogP contribution < -0.4 is 10.6 Å². The van der Waals surface area contributed by atoms with Gasteiger partial charge in [-0.15, -0.1) is 0 Å². The number of nitrogens with one attached hydrogen (secondary N) is 2. The van der Waals surface area contributed by atoms with E-state index in [9.17, 15) is 14.7 Å². The summed E-state index contributed by atoms with van der Waals surface area (Å²) in [6.45, 7) is 0. The monoisotopic (exact) mass is 298 g/mol. The minimum absolute atomic E-state index is 0.175. The van der Waals surface area contributed by atoms with E-state index >= 15 is 0 Å². The van der Waals surface area contributed by atoms with Gasteiger partial charge >= 0.3 is 5.97 Å². The highest BCUT2D eigenvalue weighted by Crippen LogP contribution is 2.13. The molecule has 0 aromatic heterocycles. The molecular weight excluding hydrogens is 280 g/mol. The number of anilines is 1. The zero-order valence-corrected chi connectivity index (χ0v) is 12.2. The maximum absolute atomic E-state index is 11.5. The largest absolute Gasteiger partial charge is 0.480 e. The van der Waals surface area contributed by atoms with E-state index < -0.39 is 12.0 Å². The lowest BCUT2D eigenvalue weighted by atomic mass is 10.1. The number of benzene rings is 2. The van der Waals surface area contributed by atoms with Crippen molar-refractivity contribution in [3.05, 3.63) is 65.7 Å². The normalized spacial score (nSPS) is 11.5. The van der Waals surface area contributed by atoms with Crippen LogP contribution in [0.3, 0.4) is 0 Å². The molecule has 0 unspecified atom stereocenters. The Morgan fingerprint density at radius 3 is 2.23 bits per heavy atom. The van der Waals surface area contributed by atoms with E-state index in [1.807, 2.05) is 30.3 Å². The van der Waals surface area contributed by atoms with Crippen molar-refractivity contribution in [2.75, 3.05) is 12.4 Å². The summed E-state index contributed by atoms with van der Waals surface area (Å²) < 4.78 is 0. The molecule has 0 aliphatic heterocycles. The summed E-state index contributed by atoms with van der Waals surface area (Å²) in [5.41, 5.74) is 2.14. The van der Waals surface area contributed by atoms with Crippen molar-refractivity contribution < 1.29 is 14.7 Å². The predicted octanol–water partition coefficient (Wildman–Crippen LogP) is 2.15. The molecule has 0 bridgehead atoms. The lowest BCUT2D eigenvalue weighted by Crippen LogP contribution is -2.31. The van der Waals surface area contributed by atoms with Crippen LogP contribution in [-0.4, -0.2) is 30.1 Å². The van der Waals surface area contributed by atoms with Crippen molar-refractivity contribution in [2.45, 2.75) is 12.5 Å². The van der Waals surface area contributed by atoms with Crippen LogP contribution in [-0.2, 0) is 11.2 Å². The van der Waals surface area contributed by atoms with Crippen LogP contribution in [0, 0.1) is 0 Å². The first-order chi connectivity index (χ1) is 10.6. The van der Waals surface area contributed by atoms with E-state index in [1.54, 1.807) is 31.3 Å². The van der Waals surface area contributed by atoms with Crippen LogP contribution in [0.2, 0.25) is 0 Å². The van der Waals surface area contributed by atoms with Crippen LogP contribution in [0.4, 0.5) is 5.69 Å². The maximum atomic E-state index is 11.5. The van der Waals surface area contributed by atoms with E-state index in [0.717, 1.165) is 5.56 Å². The van der Waals surface area contributed by atoms with Gasteiger partial charge in [-0.2, -0.15) is 0 Å². The third kappa shape index (κ3) is 4.09. The van der Waals surface area contributed by atoms with Crippen LogP contribution in [0.1, 0.15) is 15.9 Å². The first kappa shape index (κ1) is 15.6. The van der Waals surface area contributed by atoms with Gasteiger partial charge in [0.15, 0.2) is 0 Å². The Bertz CT molecular complexity index is 639. The molecular formula is C17H18N2O3. The Kier molecular flexibility index (Phi) is 5.14. The molecule has 0 fully saturated rings. The molecule has 2 rings (SSSR count).